The molecule has 0 saturated carbocycles. The lowest BCUT2D eigenvalue weighted by molar-refractivity contribution is 0.580. The van der Waals surface area contributed by atoms with Crippen molar-refractivity contribution in [1.82, 2.24) is 19.4 Å². The fraction of sp³-hybridized carbons (Fsp3) is 0.286. The van der Waals surface area contributed by atoms with E-state index in [0.29, 0.717) is 17.9 Å². The number of rotatable bonds is 8. The first-order valence-corrected chi connectivity index (χ1v) is 10.3. The SMILES string of the molecule is CNS(=O)(=O)c1ccc(S(=O)(=O)NCCNc2cnccn2)cc1C. The van der Waals surface area contributed by atoms with Crippen LogP contribution in [0, 0.1) is 6.92 Å². The molecule has 0 atom stereocenters. The Balaban J connectivity index is 2.03. The Kier molecular flexibility index (Phi) is 6.06. The van der Waals surface area contributed by atoms with Gasteiger partial charge < -0.3 is 5.32 Å². The summed E-state index contributed by atoms with van der Waals surface area (Å²) in [5.41, 5.74) is 0.343. The van der Waals surface area contributed by atoms with Crippen molar-refractivity contribution in [3.63, 3.8) is 0 Å². The monoisotopic (exact) mass is 385 g/mol. The number of sulfonamides is 2. The van der Waals surface area contributed by atoms with Crippen LogP contribution in [0.15, 0.2) is 46.6 Å². The fourth-order valence-corrected chi connectivity index (χ4v) is 4.12. The van der Waals surface area contributed by atoms with Gasteiger partial charge in [-0.15, -0.1) is 0 Å². The quantitative estimate of drug-likeness (QED) is 0.549. The first-order valence-electron chi connectivity index (χ1n) is 7.30. The van der Waals surface area contributed by atoms with E-state index in [1.165, 1.54) is 43.8 Å². The maximum absolute atomic E-state index is 12.3. The average Bonchev–Trinajstić information content (AvgIpc) is 2.59. The van der Waals surface area contributed by atoms with Crippen LogP contribution in [0.2, 0.25) is 0 Å². The molecule has 0 aliphatic heterocycles. The molecular weight excluding hydrogens is 366 g/mol. The highest BCUT2D eigenvalue weighted by Crippen LogP contribution is 2.19. The van der Waals surface area contributed by atoms with Crippen molar-refractivity contribution in [3.05, 3.63) is 42.4 Å². The number of anilines is 1. The number of benzene rings is 1. The minimum Gasteiger partial charge on any atom is -0.367 e. The first-order chi connectivity index (χ1) is 11.8. The summed E-state index contributed by atoms with van der Waals surface area (Å²) < 4.78 is 52.9. The molecule has 0 saturated heterocycles. The highest BCUT2D eigenvalue weighted by Gasteiger charge is 2.19. The largest absolute Gasteiger partial charge is 0.367 e. The summed E-state index contributed by atoms with van der Waals surface area (Å²) in [7, 11) is -6.08. The van der Waals surface area contributed by atoms with Gasteiger partial charge in [-0.3, -0.25) is 4.98 Å². The molecular formula is C14H19N5O4S2. The van der Waals surface area contributed by atoms with Crippen LogP contribution in [0.25, 0.3) is 0 Å². The lowest BCUT2D eigenvalue weighted by Gasteiger charge is -2.11. The summed E-state index contributed by atoms with van der Waals surface area (Å²) in [6.07, 6.45) is 4.59. The van der Waals surface area contributed by atoms with Crippen molar-refractivity contribution in [2.24, 2.45) is 0 Å². The van der Waals surface area contributed by atoms with Gasteiger partial charge in [0.05, 0.1) is 16.0 Å². The van der Waals surface area contributed by atoms with E-state index in [4.69, 9.17) is 0 Å². The van der Waals surface area contributed by atoms with Crippen LogP contribution in [-0.4, -0.2) is 46.9 Å². The number of nitrogens with one attached hydrogen (secondary N) is 3. The molecule has 11 heteroatoms. The van der Waals surface area contributed by atoms with E-state index >= 15 is 0 Å². The number of aryl methyl sites for hydroxylation is 1. The number of nitrogens with zero attached hydrogens (tertiary/aromatic N) is 2. The molecule has 1 aromatic carbocycles. The van der Waals surface area contributed by atoms with Crippen molar-refractivity contribution in [2.45, 2.75) is 16.7 Å². The highest BCUT2D eigenvalue weighted by atomic mass is 32.2. The molecule has 0 aliphatic carbocycles. The summed E-state index contributed by atoms with van der Waals surface area (Å²) >= 11 is 0. The minimum atomic E-state index is -3.75. The molecule has 0 aliphatic rings. The van der Waals surface area contributed by atoms with Crippen LogP contribution in [0.5, 0.6) is 0 Å². The van der Waals surface area contributed by atoms with Gasteiger partial charge in [-0.25, -0.2) is 31.3 Å². The van der Waals surface area contributed by atoms with Crippen molar-refractivity contribution < 1.29 is 16.8 Å². The lowest BCUT2D eigenvalue weighted by Crippen LogP contribution is -2.29. The standard InChI is InChI=1S/C14H19N5O4S2/c1-11-9-12(3-4-13(11)25(22,23)15-2)24(20,21)19-8-7-18-14-10-16-5-6-17-14/h3-6,9-10,15,19H,7-8H2,1-2H3,(H,17,18). The number of hydrogen-bond donors (Lipinski definition) is 3. The van der Waals surface area contributed by atoms with Gasteiger partial charge in [-0.2, -0.15) is 0 Å². The minimum absolute atomic E-state index is 0.000411. The Morgan fingerprint density at radius 2 is 1.80 bits per heavy atom. The molecule has 0 spiro atoms. The zero-order valence-corrected chi connectivity index (χ0v) is 15.4. The van der Waals surface area contributed by atoms with Crippen LogP contribution >= 0.6 is 0 Å². The molecule has 2 rings (SSSR count). The predicted octanol–water partition coefficient (Wildman–Crippen LogP) is 0.0835. The number of hydrogen-bond acceptors (Lipinski definition) is 7. The van der Waals surface area contributed by atoms with E-state index in [-0.39, 0.29) is 16.3 Å². The predicted molar refractivity (Wildman–Crippen MR) is 93.1 cm³/mol. The summed E-state index contributed by atoms with van der Waals surface area (Å²) in [6.45, 7) is 2.00. The van der Waals surface area contributed by atoms with Gasteiger partial charge >= 0.3 is 0 Å². The molecule has 1 aromatic heterocycles. The molecule has 0 amide bonds. The van der Waals surface area contributed by atoms with Gasteiger partial charge in [0.2, 0.25) is 20.0 Å². The third-order valence-electron chi connectivity index (χ3n) is 3.30. The summed E-state index contributed by atoms with van der Waals surface area (Å²) in [6, 6.07) is 3.85. The molecule has 1 heterocycles. The second-order valence-corrected chi connectivity index (χ2v) is 8.67. The van der Waals surface area contributed by atoms with Crippen LogP contribution in [0.3, 0.4) is 0 Å². The summed E-state index contributed by atoms with van der Waals surface area (Å²) in [5.74, 6) is 0.541. The smallest absolute Gasteiger partial charge is 0.240 e. The van der Waals surface area contributed by atoms with Gasteiger partial charge in [0.25, 0.3) is 0 Å². The average molecular weight is 385 g/mol. The van der Waals surface area contributed by atoms with Gasteiger partial charge in [0, 0.05) is 25.5 Å². The van der Waals surface area contributed by atoms with E-state index < -0.39 is 20.0 Å². The normalized spacial score (nSPS) is 12.1. The molecule has 0 bridgehead atoms. The number of aromatic nitrogens is 2. The van der Waals surface area contributed by atoms with Crippen LogP contribution < -0.4 is 14.8 Å². The van der Waals surface area contributed by atoms with E-state index in [1.54, 1.807) is 6.92 Å². The van der Waals surface area contributed by atoms with E-state index in [1.807, 2.05) is 0 Å². The maximum atomic E-state index is 12.3. The zero-order valence-electron chi connectivity index (χ0n) is 13.7. The molecule has 9 nitrogen and oxygen atoms in total. The van der Waals surface area contributed by atoms with Crippen LogP contribution in [0.4, 0.5) is 5.82 Å². The Morgan fingerprint density at radius 3 is 2.40 bits per heavy atom. The van der Waals surface area contributed by atoms with Crippen molar-refractivity contribution in [3.8, 4) is 0 Å². The Bertz CT molecular complexity index is 931. The van der Waals surface area contributed by atoms with E-state index in [0.717, 1.165) is 0 Å². The molecule has 0 radical (unpaired) electrons. The van der Waals surface area contributed by atoms with Gasteiger partial charge in [-0.05, 0) is 37.7 Å². The summed E-state index contributed by atoms with van der Waals surface area (Å²) in [4.78, 5) is 7.94. The van der Waals surface area contributed by atoms with Crippen LogP contribution in [-0.2, 0) is 20.0 Å². The molecule has 0 fully saturated rings. The van der Waals surface area contributed by atoms with Crippen molar-refractivity contribution in [2.75, 3.05) is 25.5 Å². The van der Waals surface area contributed by atoms with Gasteiger partial charge in [-0.1, -0.05) is 0 Å². The Hall–Kier alpha value is -2.08. The van der Waals surface area contributed by atoms with Gasteiger partial charge in [0.15, 0.2) is 0 Å². The second-order valence-electron chi connectivity index (χ2n) is 5.05. The first kappa shape index (κ1) is 19.2. The second kappa shape index (κ2) is 7.87. The molecule has 25 heavy (non-hydrogen) atoms. The van der Waals surface area contributed by atoms with Crippen molar-refractivity contribution in [1.29, 1.82) is 0 Å². The lowest BCUT2D eigenvalue weighted by atomic mass is 10.2. The third kappa shape index (κ3) is 4.95. The zero-order chi connectivity index (χ0) is 18.5. The van der Waals surface area contributed by atoms with Gasteiger partial charge in [0.1, 0.15) is 5.82 Å². The van der Waals surface area contributed by atoms with E-state index in [2.05, 4.69) is 24.7 Å². The Morgan fingerprint density at radius 1 is 1.04 bits per heavy atom. The maximum Gasteiger partial charge on any atom is 0.240 e. The topological polar surface area (TPSA) is 130 Å². The molecule has 136 valence electrons. The highest BCUT2D eigenvalue weighted by molar-refractivity contribution is 7.90. The van der Waals surface area contributed by atoms with E-state index in [9.17, 15) is 16.8 Å². The van der Waals surface area contributed by atoms with Crippen LogP contribution in [0.1, 0.15) is 5.56 Å². The Labute approximate surface area is 147 Å². The summed E-state index contributed by atoms with van der Waals surface area (Å²) in [5, 5.41) is 2.93. The molecule has 2 aromatic rings. The third-order valence-corrected chi connectivity index (χ3v) is 6.33. The van der Waals surface area contributed by atoms with Crippen molar-refractivity contribution >= 4 is 25.9 Å². The molecule has 0 unspecified atom stereocenters. The molecule has 3 N–H and O–H groups in total. The fourth-order valence-electron chi connectivity index (χ4n) is 2.05.